The molecule has 0 aromatic heterocycles. The number of aliphatic carboxylic acids is 1. The van der Waals surface area contributed by atoms with Crippen molar-refractivity contribution in [2.75, 3.05) is 11.9 Å². The highest BCUT2D eigenvalue weighted by Gasteiger charge is 2.27. The Bertz CT molecular complexity index is 542. The number of nitro benzene ring substituents is 1. The summed E-state index contributed by atoms with van der Waals surface area (Å²) in [6.07, 6.45) is 0. The van der Waals surface area contributed by atoms with Crippen molar-refractivity contribution in [3.8, 4) is 0 Å². The van der Waals surface area contributed by atoms with Gasteiger partial charge in [-0.05, 0) is 19.9 Å². The fourth-order valence-corrected chi connectivity index (χ4v) is 1.25. The molecule has 0 radical (unpaired) electrons. The molecule has 0 aliphatic rings. The zero-order chi connectivity index (χ0) is 15.3. The summed E-state index contributed by atoms with van der Waals surface area (Å²) >= 11 is 0. The molecule has 0 saturated heterocycles. The minimum absolute atomic E-state index is 0.0664. The second kappa shape index (κ2) is 6.00. The van der Waals surface area contributed by atoms with E-state index in [0.29, 0.717) is 0 Å². The van der Waals surface area contributed by atoms with Crippen LogP contribution in [0.15, 0.2) is 24.3 Å². The summed E-state index contributed by atoms with van der Waals surface area (Å²) in [5, 5.41) is 24.3. The summed E-state index contributed by atoms with van der Waals surface area (Å²) in [5.74, 6) is -1.03. The van der Waals surface area contributed by atoms with E-state index >= 15 is 0 Å². The summed E-state index contributed by atoms with van der Waals surface area (Å²) in [6.45, 7) is 2.88. The molecule has 0 aliphatic heterocycles. The topological polar surface area (TPSA) is 122 Å². The van der Waals surface area contributed by atoms with Gasteiger partial charge in [0, 0.05) is 24.4 Å². The number of amides is 2. The third-order valence-electron chi connectivity index (χ3n) is 2.58. The quantitative estimate of drug-likeness (QED) is 0.561. The van der Waals surface area contributed by atoms with Gasteiger partial charge in [0.1, 0.15) is 0 Å². The molecule has 0 heterocycles. The molecule has 1 rings (SSSR count). The third-order valence-corrected chi connectivity index (χ3v) is 2.58. The summed E-state index contributed by atoms with van der Waals surface area (Å²) in [5.41, 5.74) is -0.987. The summed E-state index contributed by atoms with van der Waals surface area (Å²) < 4.78 is 0. The van der Waals surface area contributed by atoms with Gasteiger partial charge in [-0.2, -0.15) is 0 Å². The summed E-state index contributed by atoms with van der Waals surface area (Å²) in [4.78, 5) is 32.5. The number of urea groups is 1. The van der Waals surface area contributed by atoms with Crippen LogP contribution in [0.25, 0.3) is 0 Å². The lowest BCUT2D eigenvalue weighted by Gasteiger charge is -2.19. The van der Waals surface area contributed by atoms with E-state index in [-0.39, 0.29) is 17.9 Å². The van der Waals surface area contributed by atoms with Crippen molar-refractivity contribution in [1.82, 2.24) is 5.32 Å². The van der Waals surface area contributed by atoms with Crippen molar-refractivity contribution in [2.45, 2.75) is 13.8 Å². The monoisotopic (exact) mass is 281 g/mol. The van der Waals surface area contributed by atoms with E-state index in [9.17, 15) is 19.7 Å². The molecule has 0 aliphatic carbocycles. The fourth-order valence-electron chi connectivity index (χ4n) is 1.25. The molecule has 0 saturated carbocycles. The first-order valence-corrected chi connectivity index (χ1v) is 5.75. The summed E-state index contributed by atoms with van der Waals surface area (Å²) in [6, 6.07) is 4.82. The van der Waals surface area contributed by atoms with Crippen LogP contribution in [-0.4, -0.2) is 28.6 Å². The average molecular weight is 281 g/mol. The van der Waals surface area contributed by atoms with Gasteiger partial charge in [-0.3, -0.25) is 14.9 Å². The van der Waals surface area contributed by atoms with E-state index in [1.807, 2.05) is 0 Å². The Balaban J connectivity index is 2.61. The second-order valence-corrected chi connectivity index (χ2v) is 4.80. The minimum Gasteiger partial charge on any atom is -0.481 e. The van der Waals surface area contributed by atoms with Crippen LogP contribution in [0.1, 0.15) is 13.8 Å². The molecule has 1 aromatic carbocycles. The smallest absolute Gasteiger partial charge is 0.319 e. The van der Waals surface area contributed by atoms with Crippen LogP contribution in [0.4, 0.5) is 16.2 Å². The number of carboxylic acids is 1. The molecule has 0 unspecified atom stereocenters. The molecule has 108 valence electrons. The highest BCUT2D eigenvalue weighted by Crippen LogP contribution is 2.17. The largest absolute Gasteiger partial charge is 0.481 e. The number of non-ortho nitro benzene ring substituents is 1. The van der Waals surface area contributed by atoms with E-state index in [1.165, 1.54) is 38.1 Å². The first-order valence-electron chi connectivity index (χ1n) is 5.75. The lowest BCUT2D eigenvalue weighted by atomic mass is 9.94. The van der Waals surface area contributed by atoms with E-state index in [2.05, 4.69) is 10.6 Å². The Morgan fingerprint density at radius 1 is 1.40 bits per heavy atom. The number of hydrogen-bond acceptors (Lipinski definition) is 4. The molecule has 8 nitrogen and oxygen atoms in total. The fraction of sp³-hybridized carbons (Fsp3) is 0.333. The molecular weight excluding hydrogens is 266 g/mol. The highest BCUT2D eigenvalue weighted by molar-refractivity contribution is 5.90. The number of nitro groups is 1. The number of hydrogen-bond donors (Lipinski definition) is 3. The lowest BCUT2D eigenvalue weighted by molar-refractivity contribution is -0.384. The van der Waals surface area contributed by atoms with Crippen LogP contribution in [-0.2, 0) is 4.79 Å². The maximum absolute atomic E-state index is 11.6. The standard InChI is InChI=1S/C12H15N3O5/c1-12(2,10(16)17)7-13-11(18)14-8-4-3-5-9(6-8)15(19)20/h3-6H,7H2,1-2H3,(H,16,17)(H2,13,14,18). The number of nitrogens with zero attached hydrogens (tertiary/aromatic N) is 1. The van der Waals surface area contributed by atoms with Gasteiger partial charge in [0.25, 0.3) is 5.69 Å². The van der Waals surface area contributed by atoms with Crippen molar-refractivity contribution in [3.63, 3.8) is 0 Å². The first kappa shape index (κ1) is 15.4. The molecule has 1 aromatic rings. The van der Waals surface area contributed by atoms with E-state index in [4.69, 9.17) is 5.11 Å². The number of nitrogens with one attached hydrogen (secondary N) is 2. The molecule has 2 amide bonds. The van der Waals surface area contributed by atoms with E-state index in [0.717, 1.165) is 0 Å². The summed E-state index contributed by atoms with van der Waals surface area (Å²) in [7, 11) is 0. The van der Waals surface area contributed by atoms with Crippen molar-refractivity contribution in [2.24, 2.45) is 5.41 Å². The van der Waals surface area contributed by atoms with Gasteiger partial charge in [-0.1, -0.05) is 6.07 Å². The molecule has 3 N–H and O–H groups in total. The molecule has 0 fully saturated rings. The first-order chi connectivity index (χ1) is 9.22. The van der Waals surface area contributed by atoms with Crippen molar-refractivity contribution >= 4 is 23.4 Å². The number of rotatable bonds is 5. The molecular formula is C12H15N3O5. The Morgan fingerprint density at radius 2 is 2.05 bits per heavy atom. The van der Waals surface area contributed by atoms with Gasteiger partial charge >= 0.3 is 12.0 Å². The number of carbonyl (C=O) groups is 2. The van der Waals surface area contributed by atoms with Crippen LogP contribution in [0, 0.1) is 15.5 Å². The third kappa shape index (κ3) is 4.23. The lowest BCUT2D eigenvalue weighted by Crippen LogP contribution is -2.40. The average Bonchev–Trinajstić information content (AvgIpc) is 2.36. The molecule has 0 atom stereocenters. The molecule has 8 heteroatoms. The zero-order valence-electron chi connectivity index (χ0n) is 11.0. The number of carboxylic acid groups (broad SMARTS) is 1. The van der Waals surface area contributed by atoms with Crippen LogP contribution < -0.4 is 10.6 Å². The van der Waals surface area contributed by atoms with Gasteiger partial charge in [0.05, 0.1) is 10.3 Å². The maximum Gasteiger partial charge on any atom is 0.319 e. The highest BCUT2D eigenvalue weighted by atomic mass is 16.6. The SMILES string of the molecule is CC(C)(CNC(=O)Nc1cccc([N+](=O)[O-])c1)C(=O)O. The Kier molecular flexibility index (Phi) is 4.63. The predicted octanol–water partition coefficient (Wildman–Crippen LogP) is 1.83. The number of carbonyl (C=O) groups excluding carboxylic acids is 1. The van der Waals surface area contributed by atoms with Crippen molar-refractivity contribution in [1.29, 1.82) is 0 Å². The Labute approximate surface area is 114 Å². The van der Waals surface area contributed by atoms with Crippen LogP contribution in [0.3, 0.4) is 0 Å². The second-order valence-electron chi connectivity index (χ2n) is 4.80. The Hall–Kier alpha value is -2.64. The minimum atomic E-state index is -1.10. The van der Waals surface area contributed by atoms with Crippen molar-refractivity contribution in [3.05, 3.63) is 34.4 Å². The predicted molar refractivity (Wildman–Crippen MR) is 71.5 cm³/mol. The van der Waals surface area contributed by atoms with Crippen LogP contribution in [0.5, 0.6) is 0 Å². The van der Waals surface area contributed by atoms with Gasteiger partial charge in [-0.25, -0.2) is 4.79 Å². The van der Waals surface area contributed by atoms with E-state index in [1.54, 1.807) is 0 Å². The molecule has 0 spiro atoms. The van der Waals surface area contributed by atoms with Gasteiger partial charge in [-0.15, -0.1) is 0 Å². The molecule has 20 heavy (non-hydrogen) atoms. The Morgan fingerprint density at radius 3 is 2.60 bits per heavy atom. The normalized spacial score (nSPS) is 10.7. The van der Waals surface area contributed by atoms with Gasteiger partial charge in [0.2, 0.25) is 0 Å². The number of anilines is 1. The van der Waals surface area contributed by atoms with Crippen LogP contribution in [0.2, 0.25) is 0 Å². The maximum atomic E-state index is 11.6. The zero-order valence-corrected chi connectivity index (χ0v) is 11.0. The van der Waals surface area contributed by atoms with Crippen LogP contribution >= 0.6 is 0 Å². The number of benzene rings is 1. The van der Waals surface area contributed by atoms with Gasteiger partial charge < -0.3 is 15.7 Å². The molecule has 0 bridgehead atoms. The van der Waals surface area contributed by atoms with Gasteiger partial charge in [0.15, 0.2) is 0 Å². The van der Waals surface area contributed by atoms with E-state index < -0.39 is 22.3 Å². The van der Waals surface area contributed by atoms with Crippen molar-refractivity contribution < 1.29 is 19.6 Å².